The Morgan fingerprint density at radius 1 is 1.56 bits per heavy atom. The van der Waals surface area contributed by atoms with E-state index in [0.717, 1.165) is 11.1 Å². The van der Waals surface area contributed by atoms with Crippen molar-refractivity contribution >= 4 is 29.4 Å². The number of dihydropyridines is 1. The number of carbonyl (C=O) groups is 2. The molecule has 1 aliphatic rings. The van der Waals surface area contributed by atoms with Gasteiger partial charge in [0, 0.05) is 18.2 Å². The number of thiophene rings is 1. The molecule has 1 N–H and O–H groups in total. The van der Waals surface area contributed by atoms with Gasteiger partial charge in [-0.15, -0.1) is 11.3 Å². The lowest BCUT2D eigenvalue weighted by atomic mass is 9.93. The Labute approximate surface area is 95.9 Å². The van der Waals surface area contributed by atoms with Crippen LogP contribution in [0.4, 0.5) is 0 Å². The third-order valence-corrected chi connectivity index (χ3v) is 3.32. The van der Waals surface area contributed by atoms with Crippen LogP contribution >= 0.6 is 11.3 Å². The predicted molar refractivity (Wildman–Crippen MR) is 61.3 cm³/mol. The molecule has 1 aliphatic heterocycles. The summed E-state index contributed by atoms with van der Waals surface area (Å²) >= 11 is 1.18. The highest BCUT2D eigenvalue weighted by molar-refractivity contribution is 7.12. The Morgan fingerprint density at radius 2 is 2.31 bits per heavy atom. The Kier molecular flexibility index (Phi) is 2.70. The number of aliphatic imine (C=N–C) groups is 1. The first kappa shape index (κ1) is 10.8. The maximum absolute atomic E-state index is 11.0. The van der Waals surface area contributed by atoms with Crippen LogP contribution in [0.5, 0.6) is 0 Å². The minimum absolute atomic E-state index is 0.0814. The van der Waals surface area contributed by atoms with Crippen molar-refractivity contribution in [3.63, 3.8) is 0 Å². The average Bonchev–Trinajstić information content (AvgIpc) is 2.66. The first-order chi connectivity index (χ1) is 7.58. The molecule has 2 heterocycles. The highest BCUT2D eigenvalue weighted by atomic mass is 32.1. The molecule has 1 amide bonds. The highest BCUT2D eigenvalue weighted by Crippen LogP contribution is 2.28. The van der Waals surface area contributed by atoms with Crippen LogP contribution in [0, 0.1) is 0 Å². The molecule has 82 valence electrons. The largest absolute Gasteiger partial charge is 0.477 e. The average molecular weight is 235 g/mol. The van der Waals surface area contributed by atoms with Crippen LogP contribution in [-0.4, -0.2) is 23.2 Å². The summed E-state index contributed by atoms with van der Waals surface area (Å²) in [5, 5.41) is 10.6. The molecule has 16 heavy (non-hydrogen) atoms. The minimum atomic E-state index is -0.929. The normalized spacial score (nSPS) is 19.7. The molecule has 0 spiro atoms. The second-order valence-electron chi connectivity index (χ2n) is 3.53. The second-order valence-corrected chi connectivity index (χ2v) is 4.44. The van der Waals surface area contributed by atoms with Gasteiger partial charge in [0.15, 0.2) is 0 Å². The van der Waals surface area contributed by atoms with Crippen molar-refractivity contribution in [2.24, 2.45) is 4.99 Å². The molecular formula is C11H9NO3S. The number of carbonyl (C=O) groups excluding carboxylic acids is 1. The minimum Gasteiger partial charge on any atom is -0.477 e. The summed E-state index contributed by atoms with van der Waals surface area (Å²) in [6, 6.07) is 1.62. The molecule has 0 saturated heterocycles. The molecule has 5 heteroatoms. The van der Waals surface area contributed by atoms with E-state index in [-0.39, 0.29) is 11.8 Å². The van der Waals surface area contributed by atoms with Gasteiger partial charge in [0.25, 0.3) is 5.91 Å². The van der Waals surface area contributed by atoms with E-state index in [0.29, 0.717) is 4.88 Å². The molecule has 1 aromatic heterocycles. The molecule has 1 atom stereocenters. The van der Waals surface area contributed by atoms with Gasteiger partial charge in [-0.25, -0.2) is 9.79 Å². The molecule has 0 radical (unpaired) electrons. The summed E-state index contributed by atoms with van der Waals surface area (Å²) in [6.07, 6.45) is 3.04. The monoisotopic (exact) mass is 235 g/mol. The van der Waals surface area contributed by atoms with Crippen LogP contribution in [0.1, 0.15) is 28.1 Å². The summed E-state index contributed by atoms with van der Waals surface area (Å²) in [6.45, 7) is 1.84. The standard InChI is InChI=1S/C11H9NO3S/c1-6-2-10(13)12-4-8(6)7-3-9(11(14)15)16-5-7/h2-5,8H,1H3,(H,14,15). The Bertz CT molecular complexity index is 513. The second kappa shape index (κ2) is 4.02. The molecule has 1 aromatic rings. The highest BCUT2D eigenvalue weighted by Gasteiger charge is 2.19. The van der Waals surface area contributed by atoms with Crippen molar-refractivity contribution in [2.45, 2.75) is 12.8 Å². The summed E-state index contributed by atoms with van der Waals surface area (Å²) in [7, 11) is 0. The van der Waals surface area contributed by atoms with Gasteiger partial charge in [0.05, 0.1) is 0 Å². The fourth-order valence-corrected chi connectivity index (χ4v) is 2.35. The van der Waals surface area contributed by atoms with Crippen LogP contribution in [0.25, 0.3) is 0 Å². The van der Waals surface area contributed by atoms with E-state index >= 15 is 0 Å². The van der Waals surface area contributed by atoms with Gasteiger partial charge in [-0.05, 0) is 23.9 Å². The molecule has 0 aliphatic carbocycles. The van der Waals surface area contributed by atoms with Gasteiger partial charge in [0.1, 0.15) is 4.88 Å². The number of amides is 1. The van der Waals surface area contributed by atoms with Crippen molar-refractivity contribution in [3.05, 3.63) is 33.5 Å². The van der Waals surface area contributed by atoms with Gasteiger partial charge >= 0.3 is 5.97 Å². The maximum atomic E-state index is 11.0. The molecule has 2 rings (SSSR count). The van der Waals surface area contributed by atoms with Crippen molar-refractivity contribution in [1.82, 2.24) is 0 Å². The van der Waals surface area contributed by atoms with Crippen LogP contribution in [0.15, 0.2) is 28.1 Å². The summed E-state index contributed by atoms with van der Waals surface area (Å²) in [5.41, 5.74) is 1.75. The van der Waals surface area contributed by atoms with E-state index in [2.05, 4.69) is 4.99 Å². The first-order valence-corrected chi connectivity index (χ1v) is 5.54. The van der Waals surface area contributed by atoms with Crippen LogP contribution in [-0.2, 0) is 4.79 Å². The third-order valence-electron chi connectivity index (χ3n) is 2.38. The number of carboxylic acid groups (broad SMARTS) is 1. The van der Waals surface area contributed by atoms with Gasteiger partial charge < -0.3 is 5.11 Å². The number of carboxylic acids is 1. The van der Waals surface area contributed by atoms with E-state index in [1.807, 2.05) is 6.92 Å². The zero-order chi connectivity index (χ0) is 11.7. The van der Waals surface area contributed by atoms with Crippen molar-refractivity contribution in [3.8, 4) is 0 Å². The molecule has 1 unspecified atom stereocenters. The van der Waals surface area contributed by atoms with E-state index in [1.165, 1.54) is 17.4 Å². The van der Waals surface area contributed by atoms with Crippen LogP contribution in [0.3, 0.4) is 0 Å². The Morgan fingerprint density at radius 3 is 2.88 bits per heavy atom. The first-order valence-electron chi connectivity index (χ1n) is 4.66. The zero-order valence-electron chi connectivity index (χ0n) is 8.51. The SMILES string of the molecule is CC1=CC(=O)N=CC1c1csc(C(=O)O)c1. The van der Waals surface area contributed by atoms with E-state index in [1.54, 1.807) is 17.7 Å². The summed E-state index contributed by atoms with van der Waals surface area (Å²) in [4.78, 5) is 25.7. The van der Waals surface area contributed by atoms with Crippen LogP contribution < -0.4 is 0 Å². The Balaban J connectivity index is 2.31. The lowest BCUT2D eigenvalue weighted by molar-refractivity contribution is -0.113. The van der Waals surface area contributed by atoms with Gasteiger partial charge in [-0.1, -0.05) is 5.57 Å². The lowest BCUT2D eigenvalue weighted by Gasteiger charge is -2.13. The third kappa shape index (κ3) is 1.94. The maximum Gasteiger partial charge on any atom is 0.345 e. The molecule has 0 bridgehead atoms. The topological polar surface area (TPSA) is 66.7 Å². The van der Waals surface area contributed by atoms with E-state index in [9.17, 15) is 9.59 Å². The molecular weight excluding hydrogens is 226 g/mol. The summed E-state index contributed by atoms with van der Waals surface area (Å²) in [5.74, 6) is -1.27. The van der Waals surface area contributed by atoms with Gasteiger partial charge in [-0.2, -0.15) is 0 Å². The fraction of sp³-hybridized carbons (Fsp3) is 0.182. The van der Waals surface area contributed by atoms with E-state index in [4.69, 9.17) is 5.11 Å². The molecule has 0 fully saturated rings. The number of hydrogen-bond donors (Lipinski definition) is 1. The number of allylic oxidation sites excluding steroid dienone is 1. The van der Waals surface area contributed by atoms with Crippen molar-refractivity contribution in [2.75, 3.05) is 0 Å². The fourth-order valence-electron chi connectivity index (χ4n) is 1.56. The lowest BCUT2D eigenvalue weighted by Crippen LogP contribution is -2.09. The smallest absolute Gasteiger partial charge is 0.345 e. The number of aromatic carboxylic acids is 1. The van der Waals surface area contributed by atoms with Crippen LogP contribution in [0.2, 0.25) is 0 Å². The van der Waals surface area contributed by atoms with E-state index < -0.39 is 5.97 Å². The Hall–Kier alpha value is -1.75. The predicted octanol–water partition coefficient (Wildman–Crippen LogP) is 2.09. The molecule has 4 nitrogen and oxygen atoms in total. The number of nitrogens with zero attached hydrogens (tertiary/aromatic N) is 1. The zero-order valence-corrected chi connectivity index (χ0v) is 9.32. The molecule has 0 saturated carbocycles. The van der Waals surface area contributed by atoms with Gasteiger partial charge in [0.2, 0.25) is 0 Å². The number of rotatable bonds is 2. The van der Waals surface area contributed by atoms with Crippen molar-refractivity contribution < 1.29 is 14.7 Å². The number of hydrogen-bond acceptors (Lipinski definition) is 3. The van der Waals surface area contributed by atoms with Crippen molar-refractivity contribution in [1.29, 1.82) is 0 Å². The summed E-state index contributed by atoms with van der Waals surface area (Å²) < 4.78 is 0. The quantitative estimate of drug-likeness (QED) is 0.853. The molecule has 0 aromatic carbocycles. The van der Waals surface area contributed by atoms with Gasteiger partial charge in [-0.3, -0.25) is 4.79 Å².